The van der Waals surface area contributed by atoms with Crippen LogP contribution in [0, 0.1) is 11.3 Å². The second kappa shape index (κ2) is 5.29. The molecule has 1 aromatic carbocycles. The number of aliphatic hydroxyl groups is 1. The molecule has 0 radical (unpaired) electrons. The van der Waals surface area contributed by atoms with Crippen molar-refractivity contribution in [1.82, 2.24) is 4.90 Å². The molecule has 19 heavy (non-hydrogen) atoms. The van der Waals surface area contributed by atoms with E-state index in [-0.39, 0.29) is 12.5 Å². The van der Waals surface area contributed by atoms with Crippen molar-refractivity contribution in [3.05, 3.63) is 29.3 Å². The van der Waals surface area contributed by atoms with Crippen LogP contribution in [0.1, 0.15) is 28.4 Å². The predicted molar refractivity (Wildman–Crippen MR) is 71.9 cm³/mol. The summed E-state index contributed by atoms with van der Waals surface area (Å²) in [6.45, 7) is 0.417. The minimum absolute atomic E-state index is 0.0151. The van der Waals surface area contributed by atoms with E-state index in [9.17, 15) is 10.1 Å². The average Bonchev–Trinajstić information content (AvgIpc) is 2.68. The molecule has 0 saturated heterocycles. The Kier molecular flexibility index (Phi) is 3.72. The lowest BCUT2D eigenvalue weighted by atomic mass is 10.0. The number of carbonyl (C=O) groups is 1. The molecule has 1 N–H and O–H groups in total. The predicted octanol–water partition coefficient (Wildman–Crippen LogP) is 1.16. The zero-order valence-corrected chi connectivity index (χ0v) is 11.1. The largest absolute Gasteiger partial charge is 0.396 e. The van der Waals surface area contributed by atoms with Crippen molar-refractivity contribution in [3.63, 3.8) is 0 Å². The highest BCUT2D eigenvalue weighted by Crippen LogP contribution is 2.35. The first kappa shape index (κ1) is 13.4. The Morgan fingerprint density at radius 2 is 2.21 bits per heavy atom. The number of aliphatic hydroxyl groups excluding tert-OH is 1. The fourth-order valence-electron chi connectivity index (χ4n) is 2.30. The van der Waals surface area contributed by atoms with Gasteiger partial charge < -0.3 is 14.9 Å². The van der Waals surface area contributed by atoms with Gasteiger partial charge in [-0.15, -0.1) is 0 Å². The van der Waals surface area contributed by atoms with Gasteiger partial charge in [-0.25, -0.2) is 0 Å². The van der Waals surface area contributed by atoms with Gasteiger partial charge in [0, 0.05) is 44.1 Å². The zero-order chi connectivity index (χ0) is 14.0. The van der Waals surface area contributed by atoms with E-state index in [1.807, 2.05) is 31.1 Å². The molecule has 1 amide bonds. The Hall–Kier alpha value is -2.06. The van der Waals surface area contributed by atoms with Gasteiger partial charge >= 0.3 is 0 Å². The molecule has 0 saturated carbocycles. The molecular formula is C14H17N3O2. The molecule has 0 bridgehead atoms. The second-order valence-electron chi connectivity index (χ2n) is 4.77. The molecule has 1 heterocycles. The second-order valence-corrected chi connectivity index (χ2v) is 4.77. The van der Waals surface area contributed by atoms with Gasteiger partial charge in [0.15, 0.2) is 0 Å². The minimum Gasteiger partial charge on any atom is -0.396 e. The third-order valence-electron chi connectivity index (χ3n) is 3.33. The Balaban J connectivity index is 2.39. The van der Waals surface area contributed by atoms with Crippen LogP contribution in [0.2, 0.25) is 0 Å². The van der Waals surface area contributed by atoms with Crippen LogP contribution >= 0.6 is 0 Å². The zero-order valence-electron chi connectivity index (χ0n) is 11.1. The lowest BCUT2D eigenvalue weighted by Gasteiger charge is -2.19. The van der Waals surface area contributed by atoms with E-state index in [0.717, 1.165) is 11.3 Å². The van der Waals surface area contributed by atoms with Crippen LogP contribution < -0.4 is 4.90 Å². The van der Waals surface area contributed by atoms with Crippen molar-refractivity contribution in [2.24, 2.45) is 0 Å². The van der Waals surface area contributed by atoms with Crippen LogP contribution in [0.5, 0.6) is 0 Å². The van der Waals surface area contributed by atoms with E-state index in [2.05, 4.69) is 6.07 Å². The molecule has 0 aromatic heterocycles. The molecule has 1 unspecified atom stereocenters. The maximum absolute atomic E-state index is 12.2. The summed E-state index contributed by atoms with van der Waals surface area (Å²) in [5.41, 5.74) is 2.32. The number of anilines is 1. The normalized spacial score (nSPS) is 17.3. The quantitative estimate of drug-likeness (QED) is 0.881. The molecule has 1 aliphatic heterocycles. The van der Waals surface area contributed by atoms with Gasteiger partial charge in [-0.2, -0.15) is 5.26 Å². The number of nitriles is 1. The summed E-state index contributed by atoms with van der Waals surface area (Å²) < 4.78 is 0. The van der Waals surface area contributed by atoms with E-state index in [0.29, 0.717) is 18.5 Å². The number of hydrogen-bond donors (Lipinski definition) is 1. The monoisotopic (exact) mass is 259 g/mol. The molecule has 2 rings (SSSR count). The molecule has 0 aliphatic carbocycles. The van der Waals surface area contributed by atoms with E-state index in [4.69, 9.17) is 5.11 Å². The number of carbonyl (C=O) groups excluding carboxylic acids is 1. The maximum Gasteiger partial charge on any atom is 0.255 e. The standard InChI is InChI=1S/C14H17N3O2/c1-16(2)10-4-5-11-12(8-10)13(9-15)17(14(11)19)6-3-7-18/h4-5,8,13,18H,3,6-7H2,1-2H3. The van der Waals surface area contributed by atoms with Crippen molar-refractivity contribution in [2.75, 3.05) is 32.1 Å². The maximum atomic E-state index is 12.2. The molecule has 5 heteroatoms. The lowest BCUT2D eigenvalue weighted by molar-refractivity contribution is 0.0746. The summed E-state index contributed by atoms with van der Waals surface area (Å²) >= 11 is 0. The first-order chi connectivity index (χ1) is 9.10. The van der Waals surface area contributed by atoms with E-state index in [1.165, 1.54) is 4.90 Å². The summed E-state index contributed by atoms with van der Waals surface area (Å²) in [4.78, 5) is 15.7. The van der Waals surface area contributed by atoms with Crippen molar-refractivity contribution in [3.8, 4) is 6.07 Å². The summed E-state index contributed by atoms with van der Waals surface area (Å²) in [7, 11) is 3.84. The molecular weight excluding hydrogens is 242 g/mol. The Bertz CT molecular complexity index is 534. The van der Waals surface area contributed by atoms with E-state index in [1.54, 1.807) is 6.07 Å². The Morgan fingerprint density at radius 1 is 1.47 bits per heavy atom. The van der Waals surface area contributed by atoms with Gasteiger partial charge in [-0.3, -0.25) is 4.79 Å². The van der Waals surface area contributed by atoms with Crippen molar-refractivity contribution in [2.45, 2.75) is 12.5 Å². The van der Waals surface area contributed by atoms with E-state index >= 15 is 0 Å². The van der Waals surface area contributed by atoms with Crippen LogP contribution in [0.3, 0.4) is 0 Å². The molecule has 5 nitrogen and oxygen atoms in total. The third kappa shape index (κ3) is 2.27. The number of amides is 1. The average molecular weight is 259 g/mol. The summed E-state index contributed by atoms with van der Waals surface area (Å²) in [6, 6.07) is 7.17. The molecule has 0 fully saturated rings. The highest BCUT2D eigenvalue weighted by Gasteiger charge is 2.36. The van der Waals surface area contributed by atoms with Gasteiger partial charge in [-0.05, 0) is 24.6 Å². The number of hydrogen-bond acceptors (Lipinski definition) is 4. The molecule has 100 valence electrons. The smallest absolute Gasteiger partial charge is 0.255 e. The van der Waals surface area contributed by atoms with Crippen LogP contribution in [0.25, 0.3) is 0 Å². The van der Waals surface area contributed by atoms with Crippen LogP contribution in [0.15, 0.2) is 18.2 Å². The van der Waals surface area contributed by atoms with E-state index < -0.39 is 6.04 Å². The topological polar surface area (TPSA) is 67.6 Å². The number of fused-ring (bicyclic) bond motifs is 1. The SMILES string of the molecule is CN(C)c1ccc2c(c1)C(C#N)N(CCCO)C2=O. The first-order valence-corrected chi connectivity index (χ1v) is 6.23. The van der Waals surface area contributed by atoms with Crippen molar-refractivity contribution in [1.29, 1.82) is 5.26 Å². The summed E-state index contributed by atoms with van der Waals surface area (Å²) in [6.07, 6.45) is 0.485. The molecule has 1 aromatic rings. The molecule has 1 atom stereocenters. The van der Waals surface area contributed by atoms with Crippen LogP contribution in [-0.2, 0) is 0 Å². The van der Waals surface area contributed by atoms with Crippen molar-refractivity contribution >= 4 is 11.6 Å². The van der Waals surface area contributed by atoms with Crippen LogP contribution in [0.4, 0.5) is 5.69 Å². The Morgan fingerprint density at radius 3 is 2.79 bits per heavy atom. The Labute approximate surface area is 112 Å². The summed E-state index contributed by atoms with van der Waals surface area (Å²) in [5.74, 6) is -0.125. The highest BCUT2D eigenvalue weighted by molar-refractivity contribution is 6.00. The summed E-state index contributed by atoms with van der Waals surface area (Å²) in [5, 5.41) is 18.2. The van der Waals surface area contributed by atoms with Gasteiger partial charge in [0.05, 0.1) is 6.07 Å². The van der Waals surface area contributed by atoms with Gasteiger partial charge in [-0.1, -0.05) is 0 Å². The third-order valence-corrected chi connectivity index (χ3v) is 3.33. The van der Waals surface area contributed by atoms with Crippen molar-refractivity contribution < 1.29 is 9.90 Å². The fraction of sp³-hybridized carbons (Fsp3) is 0.429. The number of nitrogens with zero attached hydrogens (tertiary/aromatic N) is 3. The van der Waals surface area contributed by atoms with Gasteiger partial charge in [0.1, 0.15) is 6.04 Å². The minimum atomic E-state index is -0.547. The van der Waals surface area contributed by atoms with Gasteiger partial charge in [0.2, 0.25) is 0 Å². The lowest BCUT2D eigenvalue weighted by Crippen LogP contribution is -2.28. The fourth-order valence-corrected chi connectivity index (χ4v) is 2.30. The highest BCUT2D eigenvalue weighted by atomic mass is 16.3. The van der Waals surface area contributed by atoms with Gasteiger partial charge in [0.25, 0.3) is 5.91 Å². The number of benzene rings is 1. The molecule has 0 spiro atoms. The number of rotatable bonds is 4. The van der Waals surface area contributed by atoms with Crippen LogP contribution in [-0.4, -0.2) is 43.2 Å². The molecule has 1 aliphatic rings. The first-order valence-electron chi connectivity index (χ1n) is 6.23.